The van der Waals surface area contributed by atoms with E-state index in [1.54, 1.807) is 6.07 Å². The molecular weight excluding hydrogens is 275 g/mol. The summed E-state index contributed by atoms with van der Waals surface area (Å²) in [6, 6.07) is 13.2. The van der Waals surface area contributed by atoms with E-state index >= 15 is 0 Å². The first-order valence-electron chi connectivity index (χ1n) is 6.47. The molecule has 0 atom stereocenters. The van der Waals surface area contributed by atoms with E-state index in [0.717, 1.165) is 12.1 Å². The van der Waals surface area contributed by atoms with Crippen LogP contribution in [0.25, 0.3) is 0 Å². The first kappa shape index (κ1) is 14.8. The Balaban J connectivity index is 1.87. The largest absolute Gasteiger partial charge is 0.378 e. The fourth-order valence-electron chi connectivity index (χ4n) is 1.91. The van der Waals surface area contributed by atoms with Gasteiger partial charge in [0.25, 0.3) is 0 Å². The van der Waals surface area contributed by atoms with E-state index in [1.807, 2.05) is 20.2 Å². The molecule has 0 aromatic heterocycles. The van der Waals surface area contributed by atoms with Crippen molar-refractivity contribution in [2.75, 3.05) is 19.0 Å². The number of benzene rings is 2. The second kappa shape index (κ2) is 6.73. The molecule has 0 amide bonds. The third-order valence-corrected chi connectivity index (χ3v) is 3.40. The summed E-state index contributed by atoms with van der Waals surface area (Å²) in [5.74, 6) is -0.374. The minimum absolute atomic E-state index is 0.160. The number of nitrogens with zero attached hydrogens (tertiary/aromatic N) is 1. The van der Waals surface area contributed by atoms with Gasteiger partial charge in [-0.25, -0.2) is 4.39 Å². The summed E-state index contributed by atoms with van der Waals surface area (Å²) in [6.45, 7) is 1.36. The molecule has 0 aliphatic carbocycles. The Morgan fingerprint density at radius 2 is 1.60 bits per heavy atom. The van der Waals surface area contributed by atoms with Crippen LogP contribution in [0.4, 0.5) is 10.1 Å². The minimum atomic E-state index is -0.374. The van der Waals surface area contributed by atoms with Crippen molar-refractivity contribution in [3.63, 3.8) is 0 Å². The van der Waals surface area contributed by atoms with Crippen LogP contribution in [0.2, 0.25) is 5.02 Å². The zero-order chi connectivity index (χ0) is 14.5. The fourth-order valence-corrected chi connectivity index (χ4v) is 2.03. The van der Waals surface area contributed by atoms with Crippen LogP contribution in [-0.2, 0) is 13.1 Å². The Kier molecular flexibility index (Phi) is 4.99. The van der Waals surface area contributed by atoms with Gasteiger partial charge in [-0.3, -0.25) is 0 Å². The highest BCUT2D eigenvalue weighted by molar-refractivity contribution is 6.30. The lowest BCUT2D eigenvalue weighted by molar-refractivity contribution is 0.620. The molecule has 0 saturated carbocycles. The molecule has 0 heterocycles. The maximum absolute atomic E-state index is 13.3. The molecule has 0 fully saturated rings. The van der Waals surface area contributed by atoms with Gasteiger partial charge in [-0.15, -0.1) is 0 Å². The zero-order valence-electron chi connectivity index (χ0n) is 11.7. The third-order valence-electron chi connectivity index (χ3n) is 3.09. The maximum Gasteiger partial charge on any atom is 0.142 e. The van der Waals surface area contributed by atoms with Crippen molar-refractivity contribution >= 4 is 17.3 Å². The van der Waals surface area contributed by atoms with Gasteiger partial charge < -0.3 is 10.2 Å². The molecule has 0 unspecified atom stereocenters. The molecule has 0 bridgehead atoms. The number of rotatable bonds is 5. The van der Waals surface area contributed by atoms with Crippen LogP contribution in [-0.4, -0.2) is 14.1 Å². The summed E-state index contributed by atoms with van der Waals surface area (Å²) in [5.41, 5.74) is 3.26. The van der Waals surface area contributed by atoms with Crippen molar-refractivity contribution in [2.24, 2.45) is 0 Å². The van der Waals surface area contributed by atoms with Gasteiger partial charge in [0.2, 0.25) is 0 Å². The highest BCUT2D eigenvalue weighted by Gasteiger charge is 2.01. The van der Waals surface area contributed by atoms with Crippen LogP contribution < -0.4 is 10.2 Å². The zero-order valence-corrected chi connectivity index (χ0v) is 12.4. The predicted octanol–water partition coefficient (Wildman–Crippen LogP) is 3.83. The molecule has 0 spiro atoms. The maximum atomic E-state index is 13.3. The molecule has 2 aromatic rings. The van der Waals surface area contributed by atoms with Gasteiger partial charge in [-0.1, -0.05) is 29.8 Å². The van der Waals surface area contributed by atoms with Gasteiger partial charge in [0.15, 0.2) is 0 Å². The van der Waals surface area contributed by atoms with Gasteiger partial charge in [0, 0.05) is 32.9 Å². The summed E-state index contributed by atoms with van der Waals surface area (Å²) in [4.78, 5) is 2.06. The lowest BCUT2D eigenvalue weighted by atomic mass is 10.2. The molecule has 2 aromatic carbocycles. The average Bonchev–Trinajstić information content (AvgIpc) is 2.43. The summed E-state index contributed by atoms with van der Waals surface area (Å²) in [6.07, 6.45) is 0. The van der Waals surface area contributed by atoms with Crippen molar-refractivity contribution in [1.29, 1.82) is 0 Å². The van der Waals surface area contributed by atoms with Gasteiger partial charge in [-0.2, -0.15) is 0 Å². The van der Waals surface area contributed by atoms with E-state index in [2.05, 4.69) is 34.5 Å². The predicted molar refractivity (Wildman–Crippen MR) is 82.7 cm³/mol. The smallest absolute Gasteiger partial charge is 0.142 e. The number of nitrogens with one attached hydrogen (secondary N) is 1. The molecule has 2 nitrogen and oxygen atoms in total. The van der Waals surface area contributed by atoms with Crippen molar-refractivity contribution in [3.05, 3.63) is 64.4 Å². The highest BCUT2D eigenvalue weighted by atomic mass is 35.5. The SMILES string of the molecule is CN(C)c1ccc(CNCc2ccc(Cl)c(F)c2)cc1. The molecule has 106 valence electrons. The lowest BCUT2D eigenvalue weighted by Crippen LogP contribution is -2.13. The van der Waals surface area contributed by atoms with Crippen molar-refractivity contribution in [2.45, 2.75) is 13.1 Å². The monoisotopic (exact) mass is 292 g/mol. The van der Waals surface area contributed by atoms with Gasteiger partial charge in [0.1, 0.15) is 5.82 Å². The van der Waals surface area contributed by atoms with Crippen LogP contribution in [0.5, 0.6) is 0 Å². The van der Waals surface area contributed by atoms with Crippen molar-refractivity contribution in [1.82, 2.24) is 5.32 Å². The van der Waals surface area contributed by atoms with E-state index < -0.39 is 0 Å². The second-order valence-electron chi connectivity index (χ2n) is 4.91. The Morgan fingerprint density at radius 1 is 1.00 bits per heavy atom. The summed E-state index contributed by atoms with van der Waals surface area (Å²) in [7, 11) is 4.03. The molecule has 4 heteroatoms. The third kappa shape index (κ3) is 3.95. The molecule has 0 radical (unpaired) electrons. The first-order valence-corrected chi connectivity index (χ1v) is 6.85. The molecule has 0 saturated heterocycles. The molecule has 0 aliphatic rings. The van der Waals surface area contributed by atoms with E-state index in [0.29, 0.717) is 6.54 Å². The Hall–Kier alpha value is -1.58. The average molecular weight is 293 g/mol. The van der Waals surface area contributed by atoms with Gasteiger partial charge >= 0.3 is 0 Å². The molecular formula is C16H18ClFN2. The second-order valence-corrected chi connectivity index (χ2v) is 5.32. The van der Waals surface area contributed by atoms with Gasteiger partial charge in [0.05, 0.1) is 5.02 Å². The Morgan fingerprint density at radius 3 is 2.20 bits per heavy atom. The quantitative estimate of drug-likeness (QED) is 0.901. The van der Waals surface area contributed by atoms with Gasteiger partial charge in [-0.05, 0) is 35.4 Å². The molecule has 0 aliphatic heterocycles. The van der Waals surface area contributed by atoms with E-state index in [-0.39, 0.29) is 10.8 Å². The van der Waals surface area contributed by atoms with Crippen LogP contribution >= 0.6 is 11.6 Å². The first-order chi connectivity index (χ1) is 9.56. The lowest BCUT2D eigenvalue weighted by Gasteiger charge is -2.13. The standard InChI is InChI=1S/C16H18ClFN2/c1-20(2)14-6-3-12(4-7-14)10-19-11-13-5-8-15(17)16(18)9-13/h3-9,19H,10-11H2,1-2H3. The topological polar surface area (TPSA) is 15.3 Å². The molecule has 1 N–H and O–H groups in total. The summed E-state index contributed by atoms with van der Waals surface area (Å²) in [5, 5.41) is 3.45. The van der Waals surface area contributed by atoms with Crippen LogP contribution in [0.3, 0.4) is 0 Å². The Bertz CT molecular complexity index is 567. The molecule has 20 heavy (non-hydrogen) atoms. The normalized spacial score (nSPS) is 10.6. The van der Waals surface area contributed by atoms with E-state index in [9.17, 15) is 4.39 Å². The molecule has 2 rings (SSSR count). The summed E-state index contributed by atoms with van der Waals surface area (Å²) < 4.78 is 13.3. The van der Waals surface area contributed by atoms with Crippen LogP contribution in [0, 0.1) is 5.82 Å². The van der Waals surface area contributed by atoms with E-state index in [1.165, 1.54) is 17.3 Å². The Labute approximate surface area is 124 Å². The van der Waals surface area contributed by atoms with Crippen LogP contribution in [0.1, 0.15) is 11.1 Å². The number of hydrogen-bond acceptors (Lipinski definition) is 2. The van der Waals surface area contributed by atoms with Crippen LogP contribution in [0.15, 0.2) is 42.5 Å². The van der Waals surface area contributed by atoms with Crippen molar-refractivity contribution < 1.29 is 4.39 Å². The fraction of sp³-hybridized carbons (Fsp3) is 0.250. The van der Waals surface area contributed by atoms with Crippen molar-refractivity contribution in [3.8, 4) is 0 Å². The number of anilines is 1. The number of halogens is 2. The van der Waals surface area contributed by atoms with E-state index in [4.69, 9.17) is 11.6 Å². The summed E-state index contributed by atoms with van der Waals surface area (Å²) >= 11 is 5.65. The minimum Gasteiger partial charge on any atom is -0.378 e. The highest BCUT2D eigenvalue weighted by Crippen LogP contribution is 2.16. The number of hydrogen-bond donors (Lipinski definition) is 1.